The standard InChI is InChI=1S/5ClH.U/h5*1H;/q;;;;;+5/p-5. The van der Waals surface area contributed by atoms with Crippen LogP contribution in [0.15, 0.2) is 0 Å². The summed E-state index contributed by atoms with van der Waals surface area (Å²) in [6, 6.07) is 0. The first-order valence-electron chi connectivity index (χ1n) is 0. The van der Waals surface area contributed by atoms with Gasteiger partial charge in [0.05, 0.1) is 0 Å². The molecule has 6 heavy (non-hydrogen) atoms. The summed E-state index contributed by atoms with van der Waals surface area (Å²) in [6.07, 6.45) is 0. The molecule has 0 N–H and O–H groups in total. The molecule has 0 aliphatic heterocycles. The average molecular weight is 415 g/mol. The van der Waals surface area contributed by atoms with E-state index in [2.05, 4.69) is 0 Å². The van der Waals surface area contributed by atoms with E-state index in [0.717, 1.165) is 0 Å². The third kappa shape index (κ3) is 31.4. The summed E-state index contributed by atoms with van der Waals surface area (Å²) < 4.78 is 0. The van der Waals surface area contributed by atoms with Crippen LogP contribution in [0.4, 0.5) is 0 Å². The molecule has 0 rings (SSSR count). The molecule has 0 aliphatic rings. The Balaban J connectivity index is 0. The Morgan fingerprint density at radius 2 is 0.333 bits per heavy atom. The predicted octanol–water partition coefficient (Wildman–Crippen LogP) is -15.0. The number of halogens is 5. The maximum Gasteiger partial charge on any atom is 5.00 e. The van der Waals surface area contributed by atoms with Gasteiger partial charge in [-0.15, -0.1) is 0 Å². The first-order valence-corrected chi connectivity index (χ1v) is 0. The molecule has 0 nitrogen and oxygen atoms in total. The Morgan fingerprint density at radius 1 is 0.333 bits per heavy atom. The van der Waals surface area contributed by atoms with Crippen molar-refractivity contribution in [2.75, 3.05) is 0 Å². The van der Waals surface area contributed by atoms with Gasteiger partial charge < -0.3 is 62.0 Å². The van der Waals surface area contributed by atoms with E-state index in [4.69, 9.17) is 0 Å². The molecular formula is Cl5U. The molecule has 6 heteroatoms. The largest absolute Gasteiger partial charge is 5.00 e. The summed E-state index contributed by atoms with van der Waals surface area (Å²) in [5.74, 6) is 0. The van der Waals surface area contributed by atoms with Crippen LogP contribution in [0.1, 0.15) is 0 Å². The third-order valence-electron chi connectivity index (χ3n) is 0. The first kappa shape index (κ1) is 76.4. The van der Waals surface area contributed by atoms with Crippen LogP contribution < -0.4 is 62.0 Å². The van der Waals surface area contributed by atoms with Crippen LogP contribution in [0.3, 0.4) is 0 Å². The van der Waals surface area contributed by atoms with Gasteiger partial charge in [0.2, 0.25) is 0 Å². The molecule has 0 saturated heterocycles. The van der Waals surface area contributed by atoms with E-state index >= 15 is 0 Å². The summed E-state index contributed by atoms with van der Waals surface area (Å²) in [4.78, 5) is 0. The van der Waals surface area contributed by atoms with Crippen molar-refractivity contribution in [2.24, 2.45) is 0 Å². The quantitative estimate of drug-likeness (QED) is 0.369. The smallest absolute Gasteiger partial charge is 1.00 e. The Labute approximate surface area is 92.0 Å². The molecule has 0 heterocycles. The fourth-order valence-corrected chi connectivity index (χ4v) is 0. The maximum absolute atomic E-state index is 0. The van der Waals surface area contributed by atoms with Crippen molar-refractivity contribution in [1.29, 1.82) is 0 Å². The Kier molecular flexibility index (Phi) is 645. The van der Waals surface area contributed by atoms with Crippen LogP contribution in [0.2, 0.25) is 0 Å². The molecule has 0 saturated carbocycles. The van der Waals surface area contributed by atoms with Crippen molar-refractivity contribution >= 4 is 0 Å². The van der Waals surface area contributed by atoms with Gasteiger partial charge >= 0.3 is 31.1 Å². The maximum atomic E-state index is 0. The van der Waals surface area contributed by atoms with Gasteiger partial charge in [-0.25, -0.2) is 0 Å². The van der Waals surface area contributed by atoms with Crippen LogP contribution in [0, 0.1) is 31.1 Å². The van der Waals surface area contributed by atoms with Gasteiger partial charge in [0, 0.05) is 0 Å². The molecule has 0 radical (unpaired) electrons. The van der Waals surface area contributed by atoms with E-state index in [-0.39, 0.29) is 93.1 Å². The van der Waals surface area contributed by atoms with E-state index in [1.807, 2.05) is 0 Å². The van der Waals surface area contributed by atoms with E-state index in [1.165, 1.54) is 0 Å². The van der Waals surface area contributed by atoms with Gasteiger partial charge in [-0.1, -0.05) is 0 Å². The summed E-state index contributed by atoms with van der Waals surface area (Å²) >= 11 is 0. The molecule has 0 amide bonds. The van der Waals surface area contributed by atoms with Crippen LogP contribution in [-0.4, -0.2) is 0 Å². The molecule has 0 atom stereocenters. The summed E-state index contributed by atoms with van der Waals surface area (Å²) in [5, 5.41) is 0. The molecule has 0 bridgehead atoms. The van der Waals surface area contributed by atoms with Crippen molar-refractivity contribution in [3.8, 4) is 0 Å². The van der Waals surface area contributed by atoms with Crippen LogP contribution in [0.25, 0.3) is 0 Å². The van der Waals surface area contributed by atoms with E-state index < -0.39 is 0 Å². The Bertz CT molecular complexity index is 3.90. The molecular weight excluding hydrogens is 415 g/mol. The topological polar surface area (TPSA) is 0 Å². The molecule has 0 aromatic heterocycles. The number of rotatable bonds is 0. The van der Waals surface area contributed by atoms with Crippen molar-refractivity contribution in [3.05, 3.63) is 0 Å². The minimum atomic E-state index is 0. The average Bonchev–Trinajstić information content (AvgIpc) is 0. The van der Waals surface area contributed by atoms with E-state index in [9.17, 15) is 0 Å². The second-order valence-electron chi connectivity index (χ2n) is 0. The zero-order valence-electron chi connectivity index (χ0n) is 2.39. The van der Waals surface area contributed by atoms with Crippen molar-refractivity contribution in [2.45, 2.75) is 0 Å². The fourth-order valence-electron chi connectivity index (χ4n) is 0. The Morgan fingerprint density at radius 3 is 0.333 bits per heavy atom. The second kappa shape index (κ2) is 50.7. The molecule has 0 aromatic carbocycles. The second-order valence-corrected chi connectivity index (χ2v) is 0. The van der Waals surface area contributed by atoms with Crippen molar-refractivity contribution in [1.82, 2.24) is 0 Å². The SMILES string of the molecule is [Cl-].[Cl-].[Cl-].[Cl-].[Cl-].[U+5]. The van der Waals surface area contributed by atoms with Crippen LogP contribution >= 0.6 is 0 Å². The molecule has 0 spiro atoms. The number of hydrogen-bond donors (Lipinski definition) is 0. The van der Waals surface area contributed by atoms with Gasteiger partial charge in [-0.3, -0.25) is 0 Å². The monoisotopic (exact) mass is 413 g/mol. The minimum Gasteiger partial charge on any atom is -1.00 e. The van der Waals surface area contributed by atoms with Gasteiger partial charge in [-0.05, 0) is 0 Å². The minimum absolute atomic E-state index is 0. The van der Waals surface area contributed by atoms with Crippen molar-refractivity contribution < 1.29 is 93.1 Å². The zero-order valence-corrected chi connectivity index (χ0v) is 10.3. The third-order valence-corrected chi connectivity index (χ3v) is 0. The summed E-state index contributed by atoms with van der Waals surface area (Å²) in [7, 11) is 0. The fraction of sp³-hybridized carbons (Fsp3) is 0. The van der Waals surface area contributed by atoms with Crippen LogP contribution in [-0.2, 0) is 0 Å². The van der Waals surface area contributed by atoms with Gasteiger partial charge in [0.15, 0.2) is 0 Å². The number of hydrogen-bond acceptors (Lipinski definition) is 0. The van der Waals surface area contributed by atoms with Crippen molar-refractivity contribution in [3.63, 3.8) is 0 Å². The zero-order chi connectivity index (χ0) is 0. The predicted molar refractivity (Wildman–Crippen MR) is 0 cm³/mol. The van der Waals surface area contributed by atoms with E-state index in [1.54, 1.807) is 0 Å². The summed E-state index contributed by atoms with van der Waals surface area (Å²) in [5.41, 5.74) is 0. The van der Waals surface area contributed by atoms with E-state index in [0.29, 0.717) is 0 Å². The van der Waals surface area contributed by atoms with Gasteiger partial charge in [0.25, 0.3) is 0 Å². The molecule has 0 unspecified atom stereocenters. The first-order chi connectivity index (χ1) is 0. The summed E-state index contributed by atoms with van der Waals surface area (Å²) in [6.45, 7) is 0. The molecule has 0 aliphatic carbocycles. The van der Waals surface area contributed by atoms with Gasteiger partial charge in [0.1, 0.15) is 0 Å². The molecule has 0 aromatic rings. The normalized spacial score (nSPS) is 0. The molecule has 39 valence electrons. The Hall–Kier alpha value is 2.50. The molecule has 0 fully saturated rings. The van der Waals surface area contributed by atoms with Gasteiger partial charge in [-0.2, -0.15) is 0 Å². The van der Waals surface area contributed by atoms with Crippen LogP contribution in [0.5, 0.6) is 0 Å².